The van der Waals surface area contributed by atoms with Crippen LogP contribution in [-0.4, -0.2) is 27.8 Å². The molecular formula is C30H27N3O6S2. The Hall–Kier alpha value is -4.22. The van der Waals surface area contributed by atoms with E-state index in [1.807, 2.05) is 30.5 Å². The number of hydrogen-bond acceptors (Lipinski definition) is 9. The summed E-state index contributed by atoms with van der Waals surface area (Å²) in [5.74, 6) is 0.151. The summed E-state index contributed by atoms with van der Waals surface area (Å²) >= 11 is 2.78. The van der Waals surface area contributed by atoms with E-state index in [0.29, 0.717) is 37.7 Å². The number of aromatic nitrogens is 1. The lowest BCUT2D eigenvalue weighted by molar-refractivity contribution is -0.384. The summed E-state index contributed by atoms with van der Waals surface area (Å²) in [5.41, 5.74) is 2.25. The number of furan rings is 1. The topological polar surface area (TPSA) is 117 Å². The Morgan fingerprint density at radius 1 is 1.17 bits per heavy atom. The molecule has 0 fully saturated rings. The van der Waals surface area contributed by atoms with Crippen LogP contribution >= 0.6 is 23.1 Å². The molecule has 1 aliphatic rings. The maximum Gasteiger partial charge on any atom is 0.338 e. The van der Waals surface area contributed by atoms with E-state index in [1.165, 1.54) is 22.0 Å². The number of rotatable bonds is 7. The minimum absolute atomic E-state index is 0.0611. The predicted octanol–water partition coefficient (Wildman–Crippen LogP) is 5.39. The molecule has 0 unspecified atom stereocenters. The zero-order valence-electron chi connectivity index (χ0n) is 23.0. The molecule has 0 aliphatic carbocycles. The molecule has 1 aliphatic heterocycles. The highest BCUT2D eigenvalue weighted by atomic mass is 32.2. The fraction of sp³-hybridized carbons (Fsp3) is 0.233. The molecule has 210 valence electrons. The maximum absolute atomic E-state index is 13.9. The number of carbonyl (C=O) groups is 1. The van der Waals surface area contributed by atoms with E-state index in [-0.39, 0.29) is 17.4 Å². The Bertz CT molecular complexity index is 1880. The van der Waals surface area contributed by atoms with Gasteiger partial charge in [0, 0.05) is 17.0 Å². The largest absolute Gasteiger partial charge is 0.459 e. The van der Waals surface area contributed by atoms with E-state index in [4.69, 9.17) is 9.15 Å². The number of allylic oxidation sites excluding steroid dienone is 1. The molecule has 0 N–H and O–H groups in total. The number of hydrogen-bond donors (Lipinski definition) is 0. The number of carbonyl (C=O) groups excluding carboxylic acids is 1. The van der Waals surface area contributed by atoms with Crippen LogP contribution < -0.4 is 14.9 Å². The van der Waals surface area contributed by atoms with E-state index in [0.717, 1.165) is 16.0 Å². The van der Waals surface area contributed by atoms with Crippen molar-refractivity contribution in [2.45, 2.75) is 44.7 Å². The Balaban J connectivity index is 1.63. The average molecular weight is 590 g/mol. The second-order valence-corrected chi connectivity index (χ2v) is 11.7. The lowest BCUT2D eigenvalue weighted by Crippen LogP contribution is -2.40. The summed E-state index contributed by atoms with van der Waals surface area (Å²) in [5, 5.41) is 11.6. The minimum Gasteiger partial charge on any atom is -0.459 e. The Morgan fingerprint density at radius 3 is 2.56 bits per heavy atom. The van der Waals surface area contributed by atoms with Crippen molar-refractivity contribution < 1.29 is 18.9 Å². The van der Waals surface area contributed by atoms with Gasteiger partial charge in [-0.2, -0.15) is 0 Å². The van der Waals surface area contributed by atoms with Crippen molar-refractivity contribution in [3.63, 3.8) is 0 Å². The highest BCUT2D eigenvalue weighted by molar-refractivity contribution is 7.98. The first kappa shape index (κ1) is 28.3. The number of aryl methyl sites for hydroxylation is 1. The van der Waals surface area contributed by atoms with Crippen molar-refractivity contribution >= 4 is 40.8 Å². The highest BCUT2D eigenvalue weighted by Crippen LogP contribution is 2.33. The summed E-state index contributed by atoms with van der Waals surface area (Å²) in [6.07, 6.45) is 3.22. The smallest absolute Gasteiger partial charge is 0.338 e. The number of thiazole rings is 1. The molecule has 4 aromatic rings. The number of esters is 1. The van der Waals surface area contributed by atoms with E-state index in [9.17, 15) is 19.7 Å². The highest BCUT2D eigenvalue weighted by Gasteiger charge is 2.33. The van der Waals surface area contributed by atoms with Crippen LogP contribution in [0.3, 0.4) is 0 Å². The average Bonchev–Trinajstić information content (AvgIpc) is 3.51. The molecule has 0 radical (unpaired) electrons. The molecule has 11 heteroatoms. The van der Waals surface area contributed by atoms with Crippen LogP contribution in [-0.2, 0) is 9.53 Å². The van der Waals surface area contributed by atoms with Crippen LogP contribution in [0, 0.1) is 17.0 Å². The third kappa shape index (κ3) is 5.55. The summed E-state index contributed by atoms with van der Waals surface area (Å²) in [6.45, 7) is 7.07. The molecule has 5 rings (SSSR count). The minimum atomic E-state index is -0.724. The first-order valence-corrected chi connectivity index (χ1v) is 14.8. The molecule has 0 saturated carbocycles. The van der Waals surface area contributed by atoms with Crippen molar-refractivity contribution in [1.82, 2.24) is 4.57 Å². The molecule has 41 heavy (non-hydrogen) atoms. The molecule has 2 aromatic heterocycles. The zero-order chi connectivity index (χ0) is 29.4. The third-order valence-electron chi connectivity index (χ3n) is 6.53. The van der Waals surface area contributed by atoms with Gasteiger partial charge in [-0.25, -0.2) is 9.79 Å². The van der Waals surface area contributed by atoms with Crippen LogP contribution in [0.4, 0.5) is 5.69 Å². The molecule has 0 spiro atoms. The first-order chi connectivity index (χ1) is 19.6. The van der Waals surface area contributed by atoms with Crippen LogP contribution in [0.5, 0.6) is 0 Å². The van der Waals surface area contributed by atoms with Crippen molar-refractivity contribution in [3.8, 4) is 11.3 Å². The van der Waals surface area contributed by atoms with Gasteiger partial charge in [0.25, 0.3) is 11.2 Å². The fourth-order valence-corrected chi connectivity index (χ4v) is 6.10. The molecule has 0 amide bonds. The van der Waals surface area contributed by atoms with E-state index in [1.54, 1.807) is 69.8 Å². The first-order valence-electron chi connectivity index (χ1n) is 12.8. The molecule has 2 aromatic carbocycles. The fourth-order valence-electron chi connectivity index (χ4n) is 4.67. The van der Waals surface area contributed by atoms with E-state index < -0.39 is 16.9 Å². The van der Waals surface area contributed by atoms with Crippen molar-refractivity contribution in [3.05, 3.63) is 113 Å². The number of nitrogens with zero attached hydrogens (tertiary/aromatic N) is 3. The van der Waals surface area contributed by atoms with Crippen LogP contribution in [0.1, 0.15) is 43.7 Å². The SMILES string of the molecule is CSc1ccc([C@H]2C(C(=O)OC(C)C)=C(C)N=c3s/c(=C\c4ccc(-c5ccc(C)cc5[N+](=O)[O-])o4)c(=O)n32)cc1. The second-order valence-electron chi connectivity index (χ2n) is 9.79. The van der Waals surface area contributed by atoms with Gasteiger partial charge in [0.2, 0.25) is 0 Å². The van der Waals surface area contributed by atoms with Gasteiger partial charge in [-0.05, 0) is 75.4 Å². The van der Waals surface area contributed by atoms with Gasteiger partial charge in [-0.1, -0.05) is 29.5 Å². The van der Waals surface area contributed by atoms with Crippen LogP contribution in [0.25, 0.3) is 17.4 Å². The lowest BCUT2D eigenvalue weighted by Gasteiger charge is -2.25. The molecule has 3 heterocycles. The van der Waals surface area contributed by atoms with Gasteiger partial charge in [-0.15, -0.1) is 11.8 Å². The monoisotopic (exact) mass is 589 g/mol. The second kappa shape index (κ2) is 11.3. The van der Waals surface area contributed by atoms with Gasteiger partial charge in [0.05, 0.1) is 38.4 Å². The van der Waals surface area contributed by atoms with Crippen LogP contribution in [0.15, 0.2) is 85.0 Å². The van der Waals surface area contributed by atoms with Crippen LogP contribution in [0.2, 0.25) is 0 Å². The Kier molecular flexibility index (Phi) is 7.83. The van der Waals surface area contributed by atoms with Gasteiger partial charge >= 0.3 is 5.97 Å². The van der Waals surface area contributed by atoms with E-state index in [2.05, 4.69) is 4.99 Å². The number of thioether (sulfide) groups is 1. The molecular weight excluding hydrogens is 562 g/mol. The van der Waals surface area contributed by atoms with Gasteiger partial charge in [-0.3, -0.25) is 19.5 Å². The normalized spacial score (nSPS) is 15.2. The van der Waals surface area contributed by atoms with Gasteiger partial charge in [0.1, 0.15) is 11.5 Å². The maximum atomic E-state index is 13.9. The van der Waals surface area contributed by atoms with Gasteiger partial charge in [0.15, 0.2) is 4.80 Å². The van der Waals surface area contributed by atoms with Crippen molar-refractivity contribution in [2.24, 2.45) is 4.99 Å². The Morgan fingerprint density at radius 2 is 1.90 bits per heavy atom. The number of benzene rings is 2. The van der Waals surface area contributed by atoms with Crippen molar-refractivity contribution in [1.29, 1.82) is 0 Å². The summed E-state index contributed by atoms with van der Waals surface area (Å²) in [4.78, 5) is 44.4. The summed E-state index contributed by atoms with van der Waals surface area (Å²) in [7, 11) is 0. The zero-order valence-corrected chi connectivity index (χ0v) is 24.7. The number of nitro benzene ring substituents is 1. The molecule has 0 saturated heterocycles. The Labute approximate surface area is 243 Å². The standard InChI is InChI=1S/C30H27N3O6S2/c1-16(2)38-29(35)26-18(4)31-30-32(27(26)19-7-10-21(40-5)11-8-19)28(34)25(41-30)15-20-9-13-24(39-20)22-12-6-17(3)14-23(22)33(36)37/h6-16,27H,1-5H3/b25-15-/t27-/m0/s1. The van der Waals surface area contributed by atoms with E-state index >= 15 is 0 Å². The number of fused-ring (bicyclic) bond motifs is 1. The molecule has 1 atom stereocenters. The molecule has 9 nitrogen and oxygen atoms in total. The molecule has 0 bridgehead atoms. The quantitative estimate of drug-likeness (QED) is 0.123. The number of ether oxygens (including phenoxy) is 1. The predicted molar refractivity (Wildman–Crippen MR) is 159 cm³/mol. The summed E-state index contributed by atoms with van der Waals surface area (Å²) < 4.78 is 13.3. The summed E-state index contributed by atoms with van der Waals surface area (Å²) in [6, 6.07) is 15.2. The third-order valence-corrected chi connectivity index (χ3v) is 8.26. The lowest BCUT2D eigenvalue weighted by atomic mass is 9.96. The number of nitro groups is 1. The van der Waals surface area contributed by atoms with Crippen molar-refractivity contribution in [2.75, 3.05) is 6.26 Å². The van der Waals surface area contributed by atoms with Gasteiger partial charge < -0.3 is 9.15 Å².